The number of aromatic nitrogens is 1. The van der Waals surface area contributed by atoms with E-state index in [1.165, 1.54) is 6.39 Å². The zero-order chi connectivity index (χ0) is 7.73. The Morgan fingerprint density at radius 3 is 2.82 bits per heavy atom. The summed E-state index contributed by atoms with van der Waals surface area (Å²) in [6.07, 6.45) is 5.97. The van der Waals surface area contributed by atoms with Crippen molar-refractivity contribution in [2.75, 3.05) is 0 Å². The van der Waals surface area contributed by atoms with Crippen LogP contribution in [0.4, 0.5) is 0 Å². The lowest BCUT2D eigenvalue weighted by atomic mass is 9.68. The van der Waals surface area contributed by atoms with Crippen LogP contribution in [0.5, 0.6) is 0 Å². The first-order chi connectivity index (χ1) is 5.37. The molecular formula is C8H8N2O. The molecule has 0 aliphatic heterocycles. The second-order valence-electron chi connectivity index (χ2n) is 2.91. The SMILES string of the molecule is N#CC1(c2cnco2)CCC1. The van der Waals surface area contributed by atoms with Crippen LogP contribution in [-0.2, 0) is 5.41 Å². The fourth-order valence-electron chi connectivity index (χ4n) is 1.40. The number of oxazole rings is 1. The maximum Gasteiger partial charge on any atom is 0.180 e. The predicted molar refractivity (Wildman–Crippen MR) is 37.6 cm³/mol. The van der Waals surface area contributed by atoms with Gasteiger partial charge >= 0.3 is 0 Å². The molecule has 0 N–H and O–H groups in total. The van der Waals surface area contributed by atoms with Crippen LogP contribution in [0.15, 0.2) is 17.0 Å². The second-order valence-corrected chi connectivity index (χ2v) is 2.91. The Balaban J connectivity index is 2.34. The van der Waals surface area contributed by atoms with E-state index < -0.39 is 0 Å². The minimum Gasteiger partial charge on any atom is -0.447 e. The van der Waals surface area contributed by atoms with Crippen molar-refractivity contribution in [2.45, 2.75) is 24.7 Å². The van der Waals surface area contributed by atoms with Gasteiger partial charge in [-0.05, 0) is 19.3 Å². The van der Waals surface area contributed by atoms with E-state index in [0.717, 1.165) is 25.0 Å². The van der Waals surface area contributed by atoms with Gasteiger partial charge < -0.3 is 4.42 Å². The Morgan fingerprint density at radius 2 is 2.45 bits per heavy atom. The molecule has 0 atom stereocenters. The molecule has 56 valence electrons. The van der Waals surface area contributed by atoms with Gasteiger partial charge in [0.05, 0.1) is 12.3 Å². The van der Waals surface area contributed by atoms with Gasteiger partial charge in [-0.15, -0.1) is 0 Å². The van der Waals surface area contributed by atoms with Crippen LogP contribution in [0.1, 0.15) is 25.0 Å². The zero-order valence-corrected chi connectivity index (χ0v) is 6.08. The van der Waals surface area contributed by atoms with Crippen molar-refractivity contribution in [1.29, 1.82) is 5.26 Å². The van der Waals surface area contributed by atoms with E-state index in [4.69, 9.17) is 9.68 Å². The van der Waals surface area contributed by atoms with Gasteiger partial charge in [0.15, 0.2) is 6.39 Å². The zero-order valence-electron chi connectivity index (χ0n) is 6.08. The first-order valence-corrected chi connectivity index (χ1v) is 3.68. The number of hydrogen-bond acceptors (Lipinski definition) is 3. The summed E-state index contributed by atoms with van der Waals surface area (Å²) < 4.78 is 5.10. The van der Waals surface area contributed by atoms with Gasteiger partial charge in [-0.3, -0.25) is 0 Å². The average Bonchev–Trinajstić information content (AvgIpc) is 2.39. The average molecular weight is 148 g/mol. The van der Waals surface area contributed by atoms with Crippen molar-refractivity contribution in [3.63, 3.8) is 0 Å². The molecule has 11 heavy (non-hydrogen) atoms. The molecule has 1 aromatic heterocycles. The molecule has 1 aromatic rings. The molecule has 1 heterocycles. The summed E-state index contributed by atoms with van der Waals surface area (Å²) in [5.41, 5.74) is -0.337. The number of rotatable bonds is 1. The lowest BCUT2D eigenvalue weighted by molar-refractivity contribution is 0.268. The third-order valence-electron chi connectivity index (χ3n) is 2.33. The Kier molecular flexibility index (Phi) is 1.22. The summed E-state index contributed by atoms with van der Waals surface area (Å²) in [5.74, 6) is 0.728. The van der Waals surface area contributed by atoms with E-state index in [1.54, 1.807) is 6.20 Å². The number of nitrogens with zero attached hydrogens (tertiary/aromatic N) is 2. The highest BCUT2D eigenvalue weighted by Crippen LogP contribution is 2.42. The van der Waals surface area contributed by atoms with E-state index in [0.29, 0.717) is 0 Å². The fraction of sp³-hybridized carbons (Fsp3) is 0.500. The molecule has 0 aromatic carbocycles. The van der Waals surface area contributed by atoms with E-state index in [9.17, 15) is 0 Å². The molecule has 0 bridgehead atoms. The van der Waals surface area contributed by atoms with Crippen molar-refractivity contribution >= 4 is 0 Å². The van der Waals surface area contributed by atoms with Gasteiger partial charge in [-0.2, -0.15) is 5.26 Å². The topological polar surface area (TPSA) is 49.8 Å². The molecule has 0 unspecified atom stereocenters. The van der Waals surface area contributed by atoms with Crippen molar-refractivity contribution < 1.29 is 4.42 Å². The monoisotopic (exact) mass is 148 g/mol. The summed E-state index contributed by atoms with van der Waals surface area (Å²) in [7, 11) is 0. The maximum absolute atomic E-state index is 8.87. The lowest BCUT2D eigenvalue weighted by Crippen LogP contribution is -2.31. The van der Waals surface area contributed by atoms with E-state index in [2.05, 4.69) is 11.1 Å². The van der Waals surface area contributed by atoms with Crippen LogP contribution in [0.2, 0.25) is 0 Å². The fourth-order valence-corrected chi connectivity index (χ4v) is 1.40. The summed E-state index contributed by atoms with van der Waals surface area (Å²) in [5, 5.41) is 8.87. The minimum atomic E-state index is -0.337. The van der Waals surface area contributed by atoms with Gasteiger partial charge in [0.1, 0.15) is 11.2 Å². The second kappa shape index (κ2) is 2.09. The predicted octanol–water partition coefficient (Wildman–Crippen LogP) is 1.62. The summed E-state index contributed by atoms with van der Waals surface area (Å²) in [6, 6.07) is 2.28. The molecule has 3 nitrogen and oxygen atoms in total. The highest BCUT2D eigenvalue weighted by molar-refractivity contribution is 5.25. The van der Waals surface area contributed by atoms with Gasteiger partial charge in [0.2, 0.25) is 0 Å². The highest BCUT2D eigenvalue weighted by atomic mass is 16.3. The van der Waals surface area contributed by atoms with Gasteiger partial charge in [-0.25, -0.2) is 4.98 Å². The Hall–Kier alpha value is -1.30. The third-order valence-corrected chi connectivity index (χ3v) is 2.33. The molecule has 2 rings (SSSR count). The van der Waals surface area contributed by atoms with Crippen LogP contribution in [0.25, 0.3) is 0 Å². The van der Waals surface area contributed by atoms with Gasteiger partial charge in [-0.1, -0.05) is 0 Å². The van der Waals surface area contributed by atoms with E-state index >= 15 is 0 Å². The molecule has 1 saturated carbocycles. The minimum absolute atomic E-state index is 0.337. The summed E-state index contributed by atoms with van der Waals surface area (Å²) in [4.78, 5) is 3.80. The first kappa shape index (κ1) is 6.41. The number of nitriles is 1. The standard InChI is InChI=1S/C8H8N2O/c9-5-8(2-1-3-8)7-4-10-6-11-7/h4,6H,1-3H2. The molecule has 1 aliphatic carbocycles. The number of hydrogen-bond donors (Lipinski definition) is 0. The third kappa shape index (κ3) is 0.758. The summed E-state index contributed by atoms with van der Waals surface area (Å²) in [6.45, 7) is 0. The Bertz CT molecular complexity index is 280. The summed E-state index contributed by atoms with van der Waals surface area (Å²) >= 11 is 0. The lowest BCUT2D eigenvalue weighted by Gasteiger charge is -2.32. The van der Waals surface area contributed by atoms with Gasteiger partial charge in [0.25, 0.3) is 0 Å². The van der Waals surface area contributed by atoms with Crippen LogP contribution in [0, 0.1) is 11.3 Å². The molecule has 1 fully saturated rings. The van der Waals surface area contributed by atoms with E-state index in [1.807, 2.05) is 0 Å². The molecule has 3 heteroatoms. The molecule has 0 spiro atoms. The Labute approximate surface area is 64.7 Å². The molecule has 0 saturated heterocycles. The van der Waals surface area contributed by atoms with Crippen LogP contribution in [0.3, 0.4) is 0 Å². The molecule has 0 amide bonds. The van der Waals surface area contributed by atoms with Gasteiger partial charge in [0, 0.05) is 0 Å². The highest BCUT2D eigenvalue weighted by Gasteiger charge is 2.41. The molecule has 1 aliphatic rings. The van der Waals surface area contributed by atoms with Crippen LogP contribution < -0.4 is 0 Å². The van der Waals surface area contributed by atoms with Crippen molar-refractivity contribution in [3.05, 3.63) is 18.4 Å². The van der Waals surface area contributed by atoms with Crippen LogP contribution in [-0.4, -0.2) is 4.98 Å². The van der Waals surface area contributed by atoms with Crippen molar-refractivity contribution in [3.8, 4) is 6.07 Å². The van der Waals surface area contributed by atoms with Crippen LogP contribution >= 0.6 is 0 Å². The molecular weight excluding hydrogens is 140 g/mol. The first-order valence-electron chi connectivity index (χ1n) is 3.68. The smallest absolute Gasteiger partial charge is 0.180 e. The Morgan fingerprint density at radius 1 is 1.64 bits per heavy atom. The van der Waals surface area contributed by atoms with E-state index in [-0.39, 0.29) is 5.41 Å². The van der Waals surface area contributed by atoms with Crippen molar-refractivity contribution in [1.82, 2.24) is 4.98 Å². The molecule has 0 radical (unpaired) electrons. The normalized spacial score (nSPS) is 20.3. The van der Waals surface area contributed by atoms with Crippen molar-refractivity contribution in [2.24, 2.45) is 0 Å². The largest absolute Gasteiger partial charge is 0.447 e. The quantitative estimate of drug-likeness (QED) is 0.608. The maximum atomic E-state index is 8.87.